The van der Waals surface area contributed by atoms with Gasteiger partial charge in [0.2, 0.25) is 0 Å². The van der Waals surface area contributed by atoms with E-state index in [1.807, 2.05) is 12.1 Å². The number of nitrogens with two attached hydrogens (primary N) is 1. The molecule has 2 unspecified atom stereocenters. The van der Waals surface area contributed by atoms with E-state index in [4.69, 9.17) is 17.3 Å². The minimum atomic E-state index is -0.0843. The number of halogens is 1. The molecule has 0 spiro atoms. The van der Waals surface area contributed by atoms with Crippen LogP contribution in [0.4, 0.5) is 5.69 Å². The fraction of sp³-hybridized carbons (Fsp3) is 0.533. The Kier molecular flexibility index (Phi) is 4.89. The number of carbonyl (C=O) groups excluding carboxylic acids is 1. The van der Waals surface area contributed by atoms with Gasteiger partial charge in [0.25, 0.3) is 5.91 Å². The first kappa shape index (κ1) is 15.1. The van der Waals surface area contributed by atoms with Gasteiger partial charge in [-0.05, 0) is 43.9 Å². The summed E-state index contributed by atoms with van der Waals surface area (Å²) in [5, 5.41) is 3.94. The van der Waals surface area contributed by atoms with Crippen molar-refractivity contribution < 1.29 is 4.79 Å². The largest absolute Gasteiger partial charge is 0.382 e. The summed E-state index contributed by atoms with van der Waals surface area (Å²) in [4.78, 5) is 13.6. The van der Waals surface area contributed by atoms with E-state index < -0.39 is 0 Å². The van der Waals surface area contributed by atoms with Crippen LogP contribution in [0, 0.1) is 0 Å². The highest BCUT2D eigenvalue weighted by atomic mass is 35.5. The molecule has 20 heavy (non-hydrogen) atoms. The Hall–Kier alpha value is -1.26. The van der Waals surface area contributed by atoms with Crippen molar-refractivity contribution in [2.45, 2.75) is 37.8 Å². The summed E-state index contributed by atoms with van der Waals surface area (Å²) in [5.41, 5.74) is 7.46. The van der Waals surface area contributed by atoms with Crippen molar-refractivity contribution in [2.75, 3.05) is 19.4 Å². The van der Waals surface area contributed by atoms with Gasteiger partial charge in [0.05, 0.1) is 10.6 Å². The average molecular weight is 296 g/mol. The van der Waals surface area contributed by atoms with Gasteiger partial charge in [0, 0.05) is 31.9 Å². The van der Waals surface area contributed by atoms with E-state index in [9.17, 15) is 4.79 Å². The molecule has 5 heteroatoms. The molecule has 1 aliphatic carbocycles. The van der Waals surface area contributed by atoms with Crippen molar-refractivity contribution in [3.63, 3.8) is 0 Å². The molecular weight excluding hydrogens is 274 g/mol. The van der Waals surface area contributed by atoms with Crippen LogP contribution in [0.25, 0.3) is 0 Å². The monoisotopic (exact) mass is 295 g/mol. The van der Waals surface area contributed by atoms with Gasteiger partial charge in [-0.2, -0.15) is 0 Å². The Balaban J connectivity index is 2.13. The molecule has 1 amide bonds. The van der Waals surface area contributed by atoms with Gasteiger partial charge >= 0.3 is 0 Å². The third kappa shape index (κ3) is 3.64. The maximum atomic E-state index is 12.1. The normalized spacial score (nSPS) is 22.4. The number of carbonyl (C=O) groups is 1. The Bertz CT molecular complexity index is 490. The molecule has 0 saturated heterocycles. The van der Waals surface area contributed by atoms with Gasteiger partial charge < -0.3 is 16.0 Å². The zero-order chi connectivity index (χ0) is 14.7. The topological polar surface area (TPSA) is 58.4 Å². The number of benzene rings is 1. The third-order valence-corrected chi connectivity index (χ3v) is 4.02. The molecule has 1 aliphatic rings. The Morgan fingerprint density at radius 3 is 2.80 bits per heavy atom. The van der Waals surface area contributed by atoms with Crippen LogP contribution in [-0.4, -0.2) is 37.0 Å². The molecule has 110 valence electrons. The predicted octanol–water partition coefficient (Wildman–Crippen LogP) is 2.72. The van der Waals surface area contributed by atoms with Crippen LogP contribution in [0.1, 0.15) is 36.0 Å². The smallest absolute Gasteiger partial charge is 0.254 e. The average Bonchev–Trinajstić information content (AvgIpc) is 2.40. The first-order valence-corrected chi connectivity index (χ1v) is 7.38. The Labute approximate surface area is 125 Å². The maximum absolute atomic E-state index is 12.1. The molecule has 4 nitrogen and oxygen atoms in total. The lowest BCUT2D eigenvalue weighted by Crippen LogP contribution is -2.34. The van der Waals surface area contributed by atoms with Gasteiger partial charge in [0.15, 0.2) is 0 Å². The second-order valence-electron chi connectivity index (χ2n) is 5.66. The highest BCUT2D eigenvalue weighted by molar-refractivity contribution is 6.34. The van der Waals surface area contributed by atoms with Crippen molar-refractivity contribution in [2.24, 2.45) is 5.73 Å². The molecule has 0 bridgehead atoms. The number of anilines is 1. The van der Waals surface area contributed by atoms with E-state index in [-0.39, 0.29) is 11.9 Å². The molecule has 0 radical (unpaired) electrons. The van der Waals surface area contributed by atoms with Crippen LogP contribution in [0.3, 0.4) is 0 Å². The summed E-state index contributed by atoms with van der Waals surface area (Å²) in [7, 11) is 3.44. The molecule has 1 aromatic carbocycles. The lowest BCUT2D eigenvalue weighted by Gasteiger charge is -2.28. The van der Waals surface area contributed by atoms with Gasteiger partial charge in [-0.15, -0.1) is 0 Å². The first-order chi connectivity index (χ1) is 9.47. The number of amides is 1. The van der Waals surface area contributed by atoms with E-state index in [2.05, 4.69) is 5.32 Å². The lowest BCUT2D eigenvalue weighted by atomic mass is 9.91. The molecule has 3 N–H and O–H groups in total. The van der Waals surface area contributed by atoms with E-state index >= 15 is 0 Å². The van der Waals surface area contributed by atoms with E-state index in [1.54, 1.807) is 20.2 Å². The van der Waals surface area contributed by atoms with Crippen molar-refractivity contribution in [1.29, 1.82) is 0 Å². The summed E-state index contributed by atoms with van der Waals surface area (Å²) in [6.07, 6.45) is 4.34. The molecule has 1 saturated carbocycles. The van der Waals surface area contributed by atoms with E-state index in [1.165, 1.54) is 4.90 Å². The standard InChI is InChI=1S/C15H22ClN3O/c1-19(2)15(20)13-9-12(6-7-14(13)16)18-11-5-3-4-10(17)8-11/h6-7,9-11,18H,3-5,8,17H2,1-2H3. The Morgan fingerprint density at radius 2 is 2.15 bits per heavy atom. The van der Waals surface area contributed by atoms with Crippen LogP contribution >= 0.6 is 11.6 Å². The van der Waals surface area contributed by atoms with Crippen LogP contribution in [0.5, 0.6) is 0 Å². The highest BCUT2D eigenvalue weighted by Gasteiger charge is 2.20. The van der Waals surface area contributed by atoms with E-state index in [0.29, 0.717) is 16.6 Å². The van der Waals surface area contributed by atoms with Crippen LogP contribution in [0.15, 0.2) is 18.2 Å². The highest BCUT2D eigenvalue weighted by Crippen LogP contribution is 2.25. The molecule has 2 atom stereocenters. The number of hydrogen-bond donors (Lipinski definition) is 2. The SMILES string of the molecule is CN(C)C(=O)c1cc(NC2CCCC(N)C2)ccc1Cl. The summed E-state index contributed by atoms with van der Waals surface area (Å²) in [6.45, 7) is 0. The molecule has 1 fully saturated rings. The molecule has 0 aromatic heterocycles. The van der Waals surface area contributed by atoms with Crippen molar-refractivity contribution in [3.05, 3.63) is 28.8 Å². The number of nitrogens with zero attached hydrogens (tertiary/aromatic N) is 1. The summed E-state index contributed by atoms with van der Waals surface area (Å²) in [5.74, 6) is -0.0843. The third-order valence-electron chi connectivity index (χ3n) is 3.69. The molecular formula is C15H22ClN3O. The fourth-order valence-electron chi connectivity index (χ4n) is 2.61. The molecule has 1 aromatic rings. The zero-order valence-electron chi connectivity index (χ0n) is 12.0. The van der Waals surface area contributed by atoms with Gasteiger partial charge in [-0.25, -0.2) is 0 Å². The zero-order valence-corrected chi connectivity index (χ0v) is 12.8. The second kappa shape index (κ2) is 6.46. The van der Waals surface area contributed by atoms with Crippen molar-refractivity contribution >= 4 is 23.2 Å². The number of nitrogens with one attached hydrogen (secondary N) is 1. The predicted molar refractivity (Wildman–Crippen MR) is 83.3 cm³/mol. The Morgan fingerprint density at radius 1 is 1.40 bits per heavy atom. The lowest BCUT2D eigenvalue weighted by molar-refractivity contribution is 0.0828. The molecule has 0 heterocycles. The minimum Gasteiger partial charge on any atom is -0.382 e. The fourth-order valence-corrected chi connectivity index (χ4v) is 2.81. The summed E-state index contributed by atoms with van der Waals surface area (Å²) >= 11 is 6.11. The van der Waals surface area contributed by atoms with Gasteiger partial charge in [-0.3, -0.25) is 4.79 Å². The van der Waals surface area contributed by atoms with Crippen molar-refractivity contribution in [3.8, 4) is 0 Å². The number of rotatable bonds is 3. The summed E-state index contributed by atoms with van der Waals surface area (Å²) < 4.78 is 0. The maximum Gasteiger partial charge on any atom is 0.254 e. The van der Waals surface area contributed by atoms with Crippen molar-refractivity contribution in [1.82, 2.24) is 4.90 Å². The summed E-state index contributed by atoms with van der Waals surface area (Å²) in [6, 6.07) is 6.15. The molecule has 0 aliphatic heterocycles. The quantitative estimate of drug-likeness (QED) is 0.901. The van der Waals surface area contributed by atoms with Gasteiger partial charge in [-0.1, -0.05) is 11.6 Å². The van der Waals surface area contributed by atoms with Crippen LogP contribution in [-0.2, 0) is 0 Å². The van der Waals surface area contributed by atoms with E-state index in [0.717, 1.165) is 31.4 Å². The van der Waals surface area contributed by atoms with Crippen LogP contribution in [0.2, 0.25) is 5.02 Å². The molecule has 2 rings (SSSR count). The van der Waals surface area contributed by atoms with Crippen LogP contribution < -0.4 is 11.1 Å². The van der Waals surface area contributed by atoms with Gasteiger partial charge in [0.1, 0.15) is 0 Å². The first-order valence-electron chi connectivity index (χ1n) is 7.00. The number of hydrogen-bond acceptors (Lipinski definition) is 3. The minimum absolute atomic E-state index is 0.0843. The second-order valence-corrected chi connectivity index (χ2v) is 6.07.